The van der Waals surface area contributed by atoms with Crippen molar-refractivity contribution in [3.05, 3.63) is 86.9 Å². The number of sulfone groups is 1. The van der Waals surface area contributed by atoms with E-state index in [-0.39, 0.29) is 15.5 Å². The Labute approximate surface area is 232 Å². The Kier molecular flexibility index (Phi) is 7.55. The summed E-state index contributed by atoms with van der Waals surface area (Å²) in [6.45, 7) is 0. The number of hydrogen-bond acceptors (Lipinski definition) is 4. The number of benzene rings is 3. The van der Waals surface area contributed by atoms with Gasteiger partial charge in [0.25, 0.3) is 5.91 Å². The molecule has 0 bridgehead atoms. The smallest absolute Gasteiger partial charge is 0.257 e. The number of anilines is 2. The summed E-state index contributed by atoms with van der Waals surface area (Å²) in [7, 11) is -3.37. The van der Waals surface area contributed by atoms with Crippen molar-refractivity contribution in [3.63, 3.8) is 0 Å². The Morgan fingerprint density at radius 2 is 1.42 bits per heavy atom. The number of amides is 2. The summed E-state index contributed by atoms with van der Waals surface area (Å²) >= 11 is 31.2. The van der Waals surface area contributed by atoms with Crippen molar-refractivity contribution in [1.29, 1.82) is 0 Å². The summed E-state index contributed by atoms with van der Waals surface area (Å²) in [5, 5.41) is 6.31. The molecule has 0 unspecified atom stereocenters. The van der Waals surface area contributed by atoms with E-state index in [1.807, 2.05) is 0 Å². The van der Waals surface area contributed by atoms with Crippen LogP contribution >= 0.6 is 58.0 Å². The first-order valence-corrected chi connectivity index (χ1v) is 14.1. The Hall–Kier alpha value is -2.00. The van der Waals surface area contributed by atoms with E-state index in [0.717, 1.165) is 6.26 Å². The largest absolute Gasteiger partial charge is 0.326 e. The molecule has 1 saturated carbocycles. The Morgan fingerprint density at radius 3 is 2.00 bits per heavy atom. The molecule has 0 aliphatic heterocycles. The lowest BCUT2D eigenvalue weighted by Gasteiger charge is -2.11. The molecular weight excluding hydrogens is 590 g/mol. The van der Waals surface area contributed by atoms with Crippen LogP contribution in [-0.2, 0) is 14.6 Å². The van der Waals surface area contributed by atoms with Crippen molar-refractivity contribution < 1.29 is 18.0 Å². The summed E-state index contributed by atoms with van der Waals surface area (Å²) in [5.74, 6) is -2.31. The van der Waals surface area contributed by atoms with Crippen LogP contribution in [0.1, 0.15) is 21.8 Å². The fourth-order valence-corrected chi connectivity index (χ4v) is 6.01. The van der Waals surface area contributed by atoms with Gasteiger partial charge >= 0.3 is 0 Å². The van der Waals surface area contributed by atoms with Gasteiger partial charge in [0, 0.05) is 33.6 Å². The van der Waals surface area contributed by atoms with Crippen molar-refractivity contribution in [2.45, 2.75) is 15.1 Å². The topological polar surface area (TPSA) is 92.3 Å². The van der Waals surface area contributed by atoms with Crippen molar-refractivity contribution >= 4 is 91.0 Å². The van der Waals surface area contributed by atoms with Crippen LogP contribution in [0.4, 0.5) is 11.4 Å². The molecule has 2 amide bonds. The van der Waals surface area contributed by atoms with Crippen LogP contribution in [0, 0.1) is 5.92 Å². The maximum atomic E-state index is 13.0. The second-order valence-electron chi connectivity index (χ2n) is 8.27. The molecule has 0 heterocycles. The van der Waals surface area contributed by atoms with Crippen LogP contribution in [0.3, 0.4) is 0 Å². The average molecular weight is 607 g/mol. The fourth-order valence-electron chi connectivity index (χ4n) is 3.80. The molecule has 2 atom stereocenters. The Balaban J connectivity index is 1.49. The van der Waals surface area contributed by atoms with Gasteiger partial charge < -0.3 is 10.6 Å². The minimum Gasteiger partial charge on any atom is -0.326 e. The number of alkyl halides is 2. The standard InChI is InChI=1S/C24H17Cl5N2O4S/c1-36(34,35)17-5-2-15(3-6-17)30-22(32)18-11-16(4-7-19(18)27)31-23(33)21-20(24(21,28)29)12-8-13(25)10-14(26)9-12/h2-11,20-21H,1H3,(H,30,32)(H,31,33)/t20-,21+/m1/s1. The molecule has 1 fully saturated rings. The highest BCUT2D eigenvalue weighted by Crippen LogP contribution is 2.65. The van der Waals surface area contributed by atoms with E-state index in [4.69, 9.17) is 58.0 Å². The lowest BCUT2D eigenvalue weighted by molar-refractivity contribution is -0.117. The predicted molar refractivity (Wildman–Crippen MR) is 145 cm³/mol. The lowest BCUT2D eigenvalue weighted by Crippen LogP contribution is -2.18. The van der Waals surface area contributed by atoms with E-state index in [1.54, 1.807) is 18.2 Å². The third-order valence-corrected chi connectivity index (χ3v) is 8.43. The molecular formula is C24H17Cl5N2O4S. The van der Waals surface area contributed by atoms with Crippen molar-refractivity contribution in [1.82, 2.24) is 0 Å². The van der Waals surface area contributed by atoms with Crippen LogP contribution in [0.5, 0.6) is 0 Å². The Morgan fingerprint density at radius 1 is 0.833 bits per heavy atom. The zero-order chi connectivity index (χ0) is 26.4. The van der Waals surface area contributed by atoms with Crippen molar-refractivity contribution in [2.75, 3.05) is 16.9 Å². The van der Waals surface area contributed by atoms with Gasteiger partial charge in [0.05, 0.1) is 21.4 Å². The van der Waals surface area contributed by atoms with Crippen LogP contribution in [-0.4, -0.2) is 30.8 Å². The number of rotatable bonds is 6. The minimum atomic E-state index is -3.37. The quantitative estimate of drug-likeness (QED) is 0.301. The number of carbonyl (C=O) groups excluding carboxylic acids is 2. The zero-order valence-corrected chi connectivity index (χ0v) is 23.0. The normalized spacial score (nSPS) is 18.4. The molecule has 188 valence electrons. The molecule has 3 aromatic carbocycles. The van der Waals surface area contributed by atoms with Gasteiger partial charge in [-0.15, -0.1) is 23.2 Å². The number of halogens is 5. The van der Waals surface area contributed by atoms with E-state index in [9.17, 15) is 18.0 Å². The van der Waals surface area contributed by atoms with Gasteiger partial charge in [0.15, 0.2) is 9.84 Å². The highest BCUT2D eigenvalue weighted by molar-refractivity contribution is 7.90. The molecule has 36 heavy (non-hydrogen) atoms. The van der Waals surface area contributed by atoms with Crippen LogP contribution in [0.2, 0.25) is 15.1 Å². The van der Waals surface area contributed by atoms with Gasteiger partial charge in [-0.3, -0.25) is 9.59 Å². The van der Waals surface area contributed by atoms with Crippen LogP contribution in [0.25, 0.3) is 0 Å². The fraction of sp³-hybridized carbons (Fsp3) is 0.167. The van der Waals surface area contributed by atoms with E-state index in [1.165, 1.54) is 42.5 Å². The van der Waals surface area contributed by atoms with Gasteiger partial charge in [0.1, 0.15) is 4.33 Å². The molecule has 3 aromatic rings. The molecule has 1 aliphatic carbocycles. The summed E-state index contributed by atoms with van der Waals surface area (Å²) in [6.07, 6.45) is 1.09. The SMILES string of the molecule is CS(=O)(=O)c1ccc(NC(=O)c2cc(NC(=O)[C@@H]3[C@@H](c4cc(Cl)cc(Cl)c4)C3(Cl)Cl)ccc2Cl)cc1. The number of hydrogen-bond donors (Lipinski definition) is 2. The first-order valence-electron chi connectivity index (χ1n) is 10.3. The summed E-state index contributed by atoms with van der Waals surface area (Å²) < 4.78 is 21.9. The first kappa shape index (κ1) is 27.0. The third-order valence-electron chi connectivity index (χ3n) is 5.60. The monoisotopic (exact) mass is 604 g/mol. The highest BCUT2D eigenvalue weighted by atomic mass is 35.5. The molecule has 1 aliphatic rings. The summed E-state index contributed by atoms with van der Waals surface area (Å²) in [6, 6.07) is 15.0. The van der Waals surface area contributed by atoms with E-state index < -0.39 is 37.8 Å². The average Bonchev–Trinajstić information content (AvgIpc) is 3.36. The van der Waals surface area contributed by atoms with Gasteiger partial charge in [0.2, 0.25) is 5.91 Å². The van der Waals surface area contributed by atoms with E-state index in [2.05, 4.69) is 10.6 Å². The van der Waals surface area contributed by atoms with Crippen LogP contribution < -0.4 is 10.6 Å². The van der Waals surface area contributed by atoms with Crippen LogP contribution in [0.15, 0.2) is 65.6 Å². The number of carbonyl (C=O) groups is 2. The van der Waals surface area contributed by atoms with Gasteiger partial charge in [-0.05, 0) is 66.2 Å². The van der Waals surface area contributed by atoms with E-state index >= 15 is 0 Å². The highest BCUT2D eigenvalue weighted by Gasteiger charge is 2.67. The maximum absolute atomic E-state index is 13.0. The summed E-state index contributed by atoms with van der Waals surface area (Å²) in [4.78, 5) is 25.9. The first-order chi connectivity index (χ1) is 16.8. The summed E-state index contributed by atoms with van der Waals surface area (Å²) in [5.41, 5.74) is 1.41. The molecule has 0 radical (unpaired) electrons. The third kappa shape index (κ3) is 5.77. The molecule has 12 heteroatoms. The van der Waals surface area contributed by atoms with Gasteiger partial charge in [-0.2, -0.15) is 0 Å². The van der Waals surface area contributed by atoms with Crippen molar-refractivity contribution in [3.8, 4) is 0 Å². The lowest BCUT2D eigenvalue weighted by atomic mass is 10.1. The minimum absolute atomic E-state index is 0.0960. The molecule has 0 saturated heterocycles. The number of nitrogens with one attached hydrogen (secondary N) is 2. The van der Waals surface area contributed by atoms with Gasteiger partial charge in [-0.1, -0.05) is 34.8 Å². The second kappa shape index (κ2) is 10.0. The second-order valence-corrected chi connectivity index (χ2v) is 13.0. The molecule has 0 spiro atoms. The molecule has 4 rings (SSSR count). The van der Waals surface area contributed by atoms with Gasteiger partial charge in [-0.25, -0.2) is 8.42 Å². The zero-order valence-electron chi connectivity index (χ0n) is 18.4. The predicted octanol–water partition coefficient (Wildman–Crippen LogP) is 6.83. The molecule has 0 aromatic heterocycles. The molecule has 2 N–H and O–H groups in total. The Bertz CT molecular complexity index is 1460. The van der Waals surface area contributed by atoms with E-state index in [0.29, 0.717) is 27.0 Å². The van der Waals surface area contributed by atoms with Crippen molar-refractivity contribution in [2.24, 2.45) is 5.92 Å². The molecule has 6 nitrogen and oxygen atoms in total. The maximum Gasteiger partial charge on any atom is 0.257 e.